The van der Waals surface area contributed by atoms with Crippen molar-refractivity contribution in [3.8, 4) is 17.2 Å². The number of hydrogen-bond acceptors (Lipinski definition) is 4. The molecule has 0 aliphatic rings. The van der Waals surface area contributed by atoms with Crippen LogP contribution in [0.4, 0.5) is 0 Å². The van der Waals surface area contributed by atoms with Crippen molar-refractivity contribution in [3.63, 3.8) is 0 Å². The smallest absolute Gasteiger partial charge is 0.200 e. The van der Waals surface area contributed by atoms with Crippen molar-refractivity contribution < 1.29 is 19.7 Å². The third kappa shape index (κ3) is 2.76. The first-order chi connectivity index (χ1) is 7.22. The largest absolute Gasteiger partial charge is 0.502 e. The molecule has 0 fully saturated rings. The molecule has 0 unspecified atom stereocenters. The number of aromatic hydroxyl groups is 1. The zero-order valence-corrected chi connectivity index (χ0v) is 8.99. The number of rotatable bonds is 5. The van der Waals surface area contributed by atoms with Crippen LogP contribution in [-0.4, -0.2) is 31.0 Å². The molecule has 84 valence electrons. The van der Waals surface area contributed by atoms with Gasteiger partial charge in [-0.05, 0) is 30.5 Å². The Morgan fingerprint density at radius 1 is 1.13 bits per heavy atom. The predicted molar refractivity (Wildman–Crippen MR) is 56.6 cm³/mol. The molecule has 0 amide bonds. The fourth-order valence-corrected chi connectivity index (χ4v) is 1.38. The van der Waals surface area contributed by atoms with E-state index >= 15 is 0 Å². The second kappa shape index (κ2) is 5.46. The topological polar surface area (TPSA) is 58.9 Å². The summed E-state index contributed by atoms with van der Waals surface area (Å²) in [5.74, 6) is 0.789. The molecule has 0 spiro atoms. The van der Waals surface area contributed by atoms with Crippen molar-refractivity contribution in [1.82, 2.24) is 0 Å². The van der Waals surface area contributed by atoms with E-state index in [1.807, 2.05) is 0 Å². The first kappa shape index (κ1) is 11.7. The predicted octanol–water partition coefficient (Wildman–Crippen LogP) is 1.33. The lowest BCUT2D eigenvalue weighted by Crippen LogP contribution is -1.94. The maximum absolute atomic E-state index is 9.64. The summed E-state index contributed by atoms with van der Waals surface area (Å²) >= 11 is 0. The van der Waals surface area contributed by atoms with Crippen LogP contribution in [0.2, 0.25) is 0 Å². The van der Waals surface area contributed by atoms with Crippen LogP contribution in [0.5, 0.6) is 17.2 Å². The molecule has 1 rings (SSSR count). The number of aryl methyl sites for hydroxylation is 1. The summed E-state index contributed by atoms with van der Waals surface area (Å²) in [6.07, 6.45) is 1.40. The first-order valence-electron chi connectivity index (χ1n) is 4.77. The van der Waals surface area contributed by atoms with E-state index in [2.05, 4.69) is 0 Å². The van der Waals surface area contributed by atoms with Crippen LogP contribution in [0.1, 0.15) is 12.0 Å². The molecule has 1 aromatic carbocycles. The maximum Gasteiger partial charge on any atom is 0.200 e. The Morgan fingerprint density at radius 3 is 2.07 bits per heavy atom. The van der Waals surface area contributed by atoms with Gasteiger partial charge in [0.25, 0.3) is 0 Å². The summed E-state index contributed by atoms with van der Waals surface area (Å²) in [5, 5.41) is 18.4. The number of aliphatic hydroxyl groups excluding tert-OH is 1. The zero-order chi connectivity index (χ0) is 11.3. The van der Waals surface area contributed by atoms with Gasteiger partial charge >= 0.3 is 0 Å². The molecule has 1 aromatic rings. The molecule has 0 radical (unpaired) electrons. The number of aliphatic hydroxyl groups is 1. The van der Waals surface area contributed by atoms with Gasteiger partial charge in [-0.3, -0.25) is 0 Å². The van der Waals surface area contributed by atoms with Crippen molar-refractivity contribution >= 4 is 0 Å². The van der Waals surface area contributed by atoms with E-state index in [1.54, 1.807) is 12.1 Å². The van der Waals surface area contributed by atoms with Gasteiger partial charge in [0.1, 0.15) is 0 Å². The molecular weight excluding hydrogens is 196 g/mol. The molecule has 4 heteroatoms. The van der Waals surface area contributed by atoms with Crippen LogP contribution in [0.3, 0.4) is 0 Å². The molecule has 0 aliphatic carbocycles. The minimum absolute atomic E-state index is 0.00717. The van der Waals surface area contributed by atoms with Gasteiger partial charge in [-0.1, -0.05) is 0 Å². The van der Waals surface area contributed by atoms with Crippen molar-refractivity contribution in [2.24, 2.45) is 0 Å². The molecule has 0 bridgehead atoms. The van der Waals surface area contributed by atoms with Gasteiger partial charge < -0.3 is 19.7 Å². The average molecular weight is 212 g/mol. The first-order valence-corrected chi connectivity index (χ1v) is 4.77. The number of phenols is 1. The highest BCUT2D eigenvalue weighted by atomic mass is 16.5. The summed E-state index contributed by atoms with van der Waals surface area (Å²) in [5.41, 5.74) is 0.968. The van der Waals surface area contributed by atoms with Crippen LogP contribution < -0.4 is 9.47 Å². The van der Waals surface area contributed by atoms with Crippen molar-refractivity contribution in [2.75, 3.05) is 20.8 Å². The molecule has 15 heavy (non-hydrogen) atoms. The quantitative estimate of drug-likeness (QED) is 0.773. The Morgan fingerprint density at radius 2 is 1.67 bits per heavy atom. The van der Waals surface area contributed by atoms with Gasteiger partial charge in [0.05, 0.1) is 14.2 Å². The minimum atomic E-state index is 0.00717. The third-order valence-corrected chi connectivity index (χ3v) is 2.16. The minimum Gasteiger partial charge on any atom is -0.502 e. The highest BCUT2D eigenvalue weighted by Crippen LogP contribution is 2.37. The number of ether oxygens (including phenoxy) is 2. The average Bonchev–Trinajstić information content (AvgIpc) is 2.27. The van der Waals surface area contributed by atoms with E-state index in [9.17, 15) is 5.11 Å². The van der Waals surface area contributed by atoms with Gasteiger partial charge in [-0.25, -0.2) is 0 Å². The summed E-state index contributed by atoms with van der Waals surface area (Å²) in [7, 11) is 2.98. The van der Waals surface area contributed by atoms with Crippen molar-refractivity contribution in [2.45, 2.75) is 12.8 Å². The summed E-state index contributed by atoms with van der Waals surface area (Å²) in [6.45, 7) is 0.144. The molecule has 4 nitrogen and oxygen atoms in total. The summed E-state index contributed by atoms with van der Waals surface area (Å²) in [4.78, 5) is 0. The van der Waals surface area contributed by atoms with Gasteiger partial charge in [-0.2, -0.15) is 0 Å². The van der Waals surface area contributed by atoms with Crippen LogP contribution in [0.15, 0.2) is 12.1 Å². The second-order valence-corrected chi connectivity index (χ2v) is 3.18. The van der Waals surface area contributed by atoms with Gasteiger partial charge in [0, 0.05) is 6.61 Å². The molecule has 2 N–H and O–H groups in total. The molecule has 0 atom stereocenters. The Hall–Kier alpha value is -1.42. The van der Waals surface area contributed by atoms with Gasteiger partial charge in [0.2, 0.25) is 5.75 Å². The van der Waals surface area contributed by atoms with Crippen LogP contribution in [0.25, 0.3) is 0 Å². The van der Waals surface area contributed by atoms with Crippen LogP contribution >= 0.6 is 0 Å². The lowest BCUT2D eigenvalue weighted by Gasteiger charge is -2.10. The number of phenolic OH excluding ortho intramolecular Hbond substituents is 1. The zero-order valence-electron chi connectivity index (χ0n) is 8.99. The molecule has 0 saturated carbocycles. The highest BCUT2D eigenvalue weighted by molar-refractivity contribution is 5.52. The van der Waals surface area contributed by atoms with E-state index in [0.717, 1.165) is 12.0 Å². The Bertz CT molecular complexity index is 297. The fourth-order valence-electron chi connectivity index (χ4n) is 1.38. The Kier molecular flexibility index (Phi) is 4.24. The van der Waals surface area contributed by atoms with E-state index in [-0.39, 0.29) is 12.4 Å². The SMILES string of the molecule is COc1cc(CCCO)cc(OC)c1O. The van der Waals surface area contributed by atoms with Crippen LogP contribution in [-0.2, 0) is 6.42 Å². The van der Waals surface area contributed by atoms with E-state index < -0.39 is 0 Å². The molecule has 0 aromatic heterocycles. The molecule has 0 saturated heterocycles. The number of hydrogen-bond donors (Lipinski definition) is 2. The standard InChI is InChI=1S/C11H16O4/c1-14-9-6-8(4-3-5-12)7-10(15-2)11(9)13/h6-7,12-13H,3-5H2,1-2H3. The van der Waals surface area contributed by atoms with E-state index in [1.165, 1.54) is 14.2 Å². The second-order valence-electron chi connectivity index (χ2n) is 3.18. The summed E-state index contributed by atoms with van der Waals surface area (Å²) < 4.78 is 10.0. The van der Waals surface area contributed by atoms with Crippen molar-refractivity contribution in [3.05, 3.63) is 17.7 Å². The Balaban J connectivity index is 2.98. The van der Waals surface area contributed by atoms with Crippen LogP contribution in [0, 0.1) is 0 Å². The highest BCUT2D eigenvalue weighted by Gasteiger charge is 2.10. The Labute approximate surface area is 89.1 Å². The lowest BCUT2D eigenvalue weighted by atomic mass is 10.1. The van der Waals surface area contributed by atoms with E-state index in [0.29, 0.717) is 17.9 Å². The van der Waals surface area contributed by atoms with Gasteiger partial charge in [-0.15, -0.1) is 0 Å². The van der Waals surface area contributed by atoms with Gasteiger partial charge in [0.15, 0.2) is 11.5 Å². The third-order valence-electron chi connectivity index (χ3n) is 2.16. The monoisotopic (exact) mass is 212 g/mol. The molecular formula is C11H16O4. The van der Waals surface area contributed by atoms with E-state index in [4.69, 9.17) is 14.6 Å². The normalized spacial score (nSPS) is 10.1. The summed E-state index contributed by atoms with van der Waals surface area (Å²) in [6, 6.07) is 3.49. The molecule has 0 aliphatic heterocycles. The molecule has 0 heterocycles. The fraction of sp³-hybridized carbons (Fsp3) is 0.455. The van der Waals surface area contributed by atoms with Crippen molar-refractivity contribution in [1.29, 1.82) is 0 Å². The lowest BCUT2D eigenvalue weighted by molar-refractivity contribution is 0.288. The number of benzene rings is 1. The maximum atomic E-state index is 9.64. The number of methoxy groups -OCH3 is 2.